The van der Waals surface area contributed by atoms with E-state index in [2.05, 4.69) is 5.32 Å². The topological polar surface area (TPSA) is 71.3 Å². The third-order valence-corrected chi connectivity index (χ3v) is 2.48. The van der Waals surface area contributed by atoms with E-state index in [0.717, 1.165) is 6.42 Å². The number of ether oxygens (including phenoxy) is 2. The van der Waals surface area contributed by atoms with Gasteiger partial charge in [0.1, 0.15) is 11.5 Å². The molecule has 0 saturated carbocycles. The number of nitrogens with one attached hydrogen (secondary N) is 1. The zero-order chi connectivity index (χ0) is 14.3. The van der Waals surface area contributed by atoms with Gasteiger partial charge in [-0.1, -0.05) is 6.92 Å². The first-order valence-electron chi connectivity index (χ1n) is 6.14. The van der Waals surface area contributed by atoms with Gasteiger partial charge in [-0.15, -0.1) is 0 Å². The van der Waals surface area contributed by atoms with Crippen molar-refractivity contribution in [1.29, 1.82) is 5.26 Å². The highest BCUT2D eigenvalue weighted by atomic mass is 16.5. The van der Waals surface area contributed by atoms with Gasteiger partial charge in [-0.25, -0.2) is 0 Å². The van der Waals surface area contributed by atoms with Crippen LogP contribution < -0.4 is 14.8 Å². The molecule has 0 radical (unpaired) electrons. The minimum Gasteiger partial charge on any atom is -0.497 e. The number of amides is 1. The molecule has 19 heavy (non-hydrogen) atoms. The van der Waals surface area contributed by atoms with Crippen LogP contribution in [0.4, 0.5) is 0 Å². The number of nitrogens with zero attached hydrogens (tertiary/aromatic N) is 1. The molecule has 5 heteroatoms. The van der Waals surface area contributed by atoms with Crippen LogP contribution in [-0.4, -0.2) is 25.7 Å². The van der Waals surface area contributed by atoms with Crippen LogP contribution in [0.1, 0.15) is 25.8 Å². The molecular weight excluding hydrogens is 244 g/mol. The first-order chi connectivity index (χ1) is 9.10. The third-order valence-electron chi connectivity index (χ3n) is 2.48. The van der Waals surface area contributed by atoms with E-state index in [4.69, 9.17) is 14.7 Å². The van der Waals surface area contributed by atoms with Crippen molar-refractivity contribution in [3.8, 4) is 17.6 Å². The van der Waals surface area contributed by atoms with Crippen molar-refractivity contribution in [1.82, 2.24) is 5.32 Å². The smallest absolute Gasteiger partial charge is 0.260 e. The number of nitriles is 1. The molecule has 0 bridgehead atoms. The molecule has 1 unspecified atom stereocenters. The Bertz CT molecular complexity index is 480. The average molecular weight is 262 g/mol. The predicted molar refractivity (Wildman–Crippen MR) is 71.1 cm³/mol. The predicted octanol–water partition coefficient (Wildman–Crippen LogP) is 1.86. The molecule has 0 aromatic heterocycles. The second kappa shape index (κ2) is 7.27. The van der Waals surface area contributed by atoms with Gasteiger partial charge in [-0.05, 0) is 25.5 Å². The molecule has 102 valence electrons. The summed E-state index contributed by atoms with van der Waals surface area (Å²) in [5.41, 5.74) is 0.426. The van der Waals surface area contributed by atoms with Crippen LogP contribution in [0.3, 0.4) is 0 Å². The van der Waals surface area contributed by atoms with Gasteiger partial charge in [-0.2, -0.15) is 5.26 Å². The Morgan fingerprint density at radius 3 is 2.68 bits per heavy atom. The van der Waals surface area contributed by atoms with Crippen molar-refractivity contribution in [3.63, 3.8) is 0 Å². The second-order valence-electron chi connectivity index (χ2n) is 4.06. The van der Waals surface area contributed by atoms with Crippen LogP contribution in [0, 0.1) is 11.3 Å². The quantitative estimate of drug-likeness (QED) is 0.849. The number of hydrogen-bond acceptors (Lipinski definition) is 4. The number of benzene rings is 1. The lowest BCUT2D eigenvalue weighted by Gasteiger charge is -2.15. The Kier molecular flexibility index (Phi) is 5.68. The lowest BCUT2D eigenvalue weighted by Crippen LogP contribution is -2.36. The minimum absolute atomic E-state index is 0.178. The summed E-state index contributed by atoms with van der Waals surface area (Å²) in [7, 11) is 1.51. The van der Waals surface area contributed by atoms with Crippen LogP contribution in [-0.2, 0) is 4.79 Å². The van der Waals surface area contributed by atoms with Crippen LogP contribution in [0.25, 0.3) is 0 Å². The number of carbonyl (C=O) groups excluding carboxylic acids is 1. The lowest BCUT2D eigenvalue weighted by molar-refractivity contribution is -0.127. The zero-order valence-electron chi connectivity index (χ0n) is 11.4. The van der Waals surface area contributed by atoms with Crippen molar-refractivity contribution in [2.45, 2.75) is 26.4 Å². The molecule has 0 saturated heterocycles. The summed E-state index contributed by atoms with van der Waals surface area (Å²) in [5.74, 6) is 0.786. The van der Waals surface area contributed by atoms with E-state index in [9.17, 15) is 4.79 Å². The highest BCUT2D eigenvalue weighted by Gasteiger charge is 2.14. The first-order valence-corrected chi connectivity index (χ1v) is 6.14. The summed E-state index contributed by atoms with van der Waals surface area (Å²) in [4.78, 5) is 11.7. The van der Waals surface area contributed by atoms with Gasteiger partial charge in [0, 0.05) is 12.6 Å². The molecular formula is C14H18N2O3. The molecule has 0 heterocycles. The number of hydrogen-bond donors (Lipinski definition) is 1. The molecule has 1 N–H and O–H groups in total. The Labute approximate surface area is 113 Å². The Morgan fingerprint density at radius 2 is 2.11 bits per heavy atom. The summed E-state index contributed by atoms with van der Waals surface area (Å²) in [6, 6.07) is 6.84. The Morgan fingerprint density at radius 1 is 1.42 bits per heavy atom. The maximum atomic E-state index is 11.7. The standard InChI is InChI=1S/C14H18N2O3/c1-4-5-16-14(17)10(2)19-13-7-11(9-15)6-12(8-13)18-3/h6-8,10H,4-5H2,1-3H3,(H,16,17). The van der Waals surface area contributed by atoms with Gasteiger partial charge in [0.2, 0.25) is 0 Å². The molecule has 0 aliphatic carbocycles. The van der Waals surface area contributed by atoms with E-state index >= 15 is 0 Å². The van der Waals surface area contributed by atoms with Gasteiger partial charge in [0.05, 0.1) is 18.7 Å². The van der Waals surface area contributed by atoms with Crippen molar-refractivity contribution < 1.29 is 14.3 Å². The summed E-state index contributed by atoms with van der Waals surface area (Å²) >= 11 is 0. The second-order valence-corrected chi connectivity index (χ2v) is 4.06. The van der Waals surface area contributed by atoms with Crippen LogP contribution in [0.5, 0.6) is 11.5 Å². The highest BCUT2D eigenvalue weighted by molar-refractivity contribution is 5.80. The summed E-state index contributed by atoms with van der Waals surface area (Å²) in [5, 5.41) is 11.7. The number of carbonyl (C=O) groups is 1. The van der Waals surface area contributed by atoms with Gasteiger partial charge in [0.15, 0.2) is 6.10 Å². The fourth-order valence-corrected chi connectivity index (χ4v) is 1.47. The molecule has 5 nitrogen and oxygen atoms in total. The van der Waals surface area contributed by atoms with Gasteiger partial charge in [-0.3, -0.25) is 4.79 Å². The Balaban J connectivity index is 2.76. The van der Waals surface area contributed by atoms with Crippen molar-refractivity contribution in [2.24, 2.45) is 0 Å². The molecule has 0 spiro atoms. The van der Waals surface area contributed by atoms with Gasteiger partial charge >= 0.3 is 0 Å². The molecule has 1 atom stereocenters. The minimum atomic E-state index is -0.620. The van der Waals surface area contributed by atoms with Gasteiger partial charge < -0.3 is 14.8 Å². The first kappa shape index (κ1) is 14.8. The lowest BCUT2D eigenvalue weighted by atomic mass is 10.2. The van der Waals surface area contributed by atoms with Crippen molar-refractivity contribution in [2.75, 3.05) is 13.7 Å². The van der Waals surface area contributed by atoms with E-state index in [1.54, 1.807) is 25.1 Å². The van der Waals surface area contributed by atoms with E-state index in [-0.39, 0.29) is 5.91 Å². The third kappa shape index (κ3) is 4.51. The van der Waals surface area contributed by atoms with Gasteiger partial charge in [0.25, 0.3) is 5.91 Å². The number of rotatable bonds is 6. The van der Waals surface area contributed by atoms with Crippen LogP contribution in [0.15, 0.2) is 18.2 Å². The molecule has 1 amide bonds. The SMILES string of the molecule is CCCNC(=O)C(C)Oc1cc(C#N)cc(OC)c1. The molecule has 0 aliphatic heterocycles. The largest absolute Gasteiger partial charge is 0.497 e. The molecule has 1 rings (SSSR count). The van der Waals surface area contributed by atoms with Crippen LogP contribution >= 0.6 is 0 Å². The maximum Gasteiger partial charge on any atom is 0.260 e. The molecule has 0 aliphatic rings. The maximum absolute atomic E-state index is 11.7. The zero-order valence-corrected chi connectivity index (χ0v) is 11.4. The normalized spacial score (nSPS) is 11.3. The van der Waals surface area contributed by atoms with Crippen molar-refractivity contribution in [3.05, 3.63) is 23.8 Å². The Hall–Kier alpha value is -2.22. The average Bonchev–Trinajstić information content (AvgIpc) is 2.43. The van der Waals surface area contributed by atoms with E-state index in [1.807, 2.05) is 13.0 Å². The fraction of sp³-hybridized carbons (Fsp3) is 0.429. The summed E-state index contributed by atoms with van der Waals surface area (Å²) in [6.07, 6.45) is 0.251. The summed E-state index contributed by atoms with van der Waals surface area (Å²) < 4.78 is 10.6. The van der Waals surface area contributed by atoms with E-state index < -0.39 is 6.10 Å². The molecule has 1 aromatic carbocycles. The highest BCUT2D eigenvalue weighted by Crippen LogP contribution is 2.23. The van der Waals surface area contributed by atoms with Crippen molar-refractivity contribution >= 4 is 5.91 Å². The number of methoxy groups -OCH3 is 1. The molecule has 1 aromatic rings. The van der Waals surface area contributed by atoms with Crippen LogP contribution in [0.2, 0.25) is 0 Å². The van der Waals surface area contributed by atoms with E-state index in [0.29, 0.717) is 23.6 Å². The van der Waals surface area contributed by atoms with E-state index in [1.165, 1.54) is 7.11 Å². The molecule has 0 fully saturated rings. The fourth-order valence-electron chi connectivity index (χ4n) is 1.47. The monoisotopic (exact) mass is 262 g/mol. The summed E-state index contributed by atoms with van der Waals surface area (Å²) in [6.45, 7) is 4.26.